The van der Waals surface area contributed by atoms with E-state index in [1.54, 1.807) is 11.0 Å². The Balaban J connectivity index is 1.60. The van der Waals surface area contributed by atoms with Gasteiger partial charge in [0.2, 0.25) is 0 Å². The maximum absolute atomic E-state index is 13.6. The summed E-state index contributed by atoms with van der Waals surface area (Å²) in [6, 6.07) is 2.76. The highest BCUT2D eigenvalue weighted by Crippen LogP contribution is 2.55. The van der Waals surface area contributed by atoms with Gasteiger partial charge in [-0.25, -0.2) is 4.98 Å². The summed E-state index contributed by atoms with van der Waals surface area (Å²) in [7, 11) is 0. The number of rotatable bonds is 5. The number of hydrogen-bond acceptors (Lipinski definition) is 5. The molecule has 0 aromatic carbocycles. The van der Waals surface area contributed by atoms with Gasteiger partial charge in [-0.3, -0.25) is 4.79 Å². The monoisotopic (exact) mass is 394 g/mol. The van der Waals surface area contributed by atoms with Crippen LogP contribution in [0.1, 0.15) is 37.3 Å². The second-order valence-corrected chi connectivity index (χ2v) is 8.00. The minimum atomic E-state index is -4.63. The number of aliphatic carboxylic acids is 1. The molecule has 3 heterocycles. The van der Waals surface area contributed by atoms with Crippen LogP contribution < -0.4 is 9.80 Å². The predicted octanol–water partition coefficient (Wildman–Crippen LogP) is 3.12. The van der Waals surface area contributed by atoms with Gasteiger partial charge in [-0.1, -0.05) is 0 Å². The second-order valence-electron chi connectivity index (χ2n) is 8.00. The molecule has 0 spiro atoms. The van der Waals surface area contributed by atoms with E-state index in [9.17, 15) is 23.2 Å². The first-order valence-electron chi connectivity index (χ1n) is 9.46. The van der Waals surface area contributed by atoms with E-state index in [1.165, 1.54) is 0 Å². The maximum Gasteiger partial charge on any atom is 0.417 e. The number of pyridine rings is 1. The average molecular weight is 394 g/mol. The van der Waals surface area contributed by atoms with Crippen molar-refractivity contribution < 1.29 is 23.1 Å². The molecule has 0 amide bonds. The number of carboxylic acid groups (broad SMARTS) is 1. The zero-order chi connectivity index (χ0) is 20.2. The lowest BCUT2D eigenvalue weighted by molar-refractivity contribution is -0.138. The lowest BCUT2D eigenvalue weighted by Gasteiger charge is -2.41. The fraction of sp³-hybridized carbons (Fsp3) is 0.632. The van der Waals surface area contributed by atoms with Crippen LogP contribution in [-0.4, -0.2) is 41.7 Å². The molecule has 28 heavy (non-hydrogen) atoms. The third kappa shape index (κ3) is 3.15. The van der Waals surface area contributed by atoms with Crippen molar-refractivity contribution in [2.75, 3.05) is 29.4 Å². The first-order valence-corrected chi connectivity index (χ1v) is 9.46. The SMILES string of the molecule is C[C@H]1CCN1c1nc(N2C[C@@H]3[C@@H](CCC(=O)O)[C@@H]3C2)cc(C(F)(F)F)c1C#N. The standard InChI is InChI=1S/C19H21F3N4O2/c1-10-4-5-26(10)18-12(7-23)15(19(20,21)22)6-16(24-18)25-8-13-11(14(13)9-25)2-3-17(27)28/h6,10-11,13-14H,2-5,8-9H2,1H3,(H,27,28)/t10-,11-,13-,14+/m0/s1. The quantitative estimate of drug-likeness (QED) is 0.827. The van der Waals surface area contributed by atoms with E-state index in [1.807, 2.05) is 11.8 Å². The summed E-state index contributed by atoms with van der Waals surface area (Å²) < 4.78 is 40.9. The Morgan fingerprint density at radius 2 is 2.07 bits per heavy atom. The molecule has 6 nitrogen and oxygen atoms in total. The van der Waals surface area contributed by atoms with Gasteiger partial charge in [0.15, 0.2) is 0 Å². The molecule has 0 bridgehead atoms. The number of hydrogen-bond donors (Lipinski definition) is 1. The number of halogens is 3. The summed E-state index contributed by atoms with van der Waals surface area (Å²) >= 11 is 0. The third-order valence-electron chi connectivity index (χ3n) is 6.38. The van der Waals surface area contributed by atoms with Crippen molar-refractivity contribution in [1.29, 1.82) is 5.26 Å². The van der Waals surface area contributed by atoms with Crippen LogP contribution in [0.3, 0.4) is 0 Å². The van der Waals surface area contributed by atoms with E-state index in [0.717, 1.165) is 12.5 Å². The molecule has 150 valence electrons. The lowest BCUT2D eigenvalue weighted by Crippen LogP contribution is -2.47. The number of carbonyl (C=O) groups is 1. The lowest BCUT2D eigenvalue weighted by atomic mass is 10.0. The smallest absolute Gasteiger partial charge is 0.417 e. The maximum atomic E-state index is 13.6. The van der Waals surface area contributed by atoms with E-state index in [-0.39, 0.29) is 24.1 Å². The van der Waals surface area contributed by atoms with Crippen LogP contribution in [0.2, 0.25) is 0 Å². The number of nitriles is 1. The Kier molecular flexibility index (Phi) is 4.40. The summed E-state index contributed by atoms with van der Waals surface area (Å²) in [4.78, 5) is 18.8. The van der Waals surface area contributed by atoms with Crippen molar-refractivity contribution in [1.82, 2.24) is 4.98 Å². The molecule has 2 aliphatic heterocycles. The molecule has 1 N–H and O–H groups in total. The van der Waals surface area contributed by atoms with E-state index in [0.29, 0.717) is 43.8 Å². The highest BCUT2D eigenvalue weighted by Gasteiger charge is 2.55. The number of carboxylic acids is 1. The second kappa shape index (κ2) is 6.54. The van der Waals surface area contributed by atoms with E-state index in [2.05, 4.69) is 4.98 Å². The summed E-state index contributed by atoms with van der Waals surface area (Å²) in [6.07, 6.45) is -3.03. The normalized spacial score (nSPS) is 28.5. The molecular formula is C19H21F3N4O2. The summed E-state index contributed by atoms with van der Waals surface area (Å²) in [6.45, 7) is 3.66. The summed E-state index contributed by atoms with van der Waals surface area (Å²) in [5.74, 6) is 0.523. The fourth-order valence-corrected chi connectivity index (χ4v) is 4.61. The van der Waals surface area contributed by atoms with Gasteiger partial charge in [-0.05, 0) is 43.6 Å². The molecule has 4 rings (SSSR count). The molecule has 0 unspecified atom stereocenters. The van der Waals surface area contributed by atoms with Crippen molar-refractivity contribution in [3.8, 4) is 6.07 Å². The molecule has 1 aliphatic carbocycles. The van der Waals surface area contributed by atoms with Crippen molar-refractivity contribution >= 4 is 17.6 Å². The van der Waals surface area contributed by atoms with Gasteiger partial charge in [0.05, 0.1) is 5.56 Å². The van der Waals surface area contributed by atoms with Crippen LogP contribution in [0.4, 0.5) is 24.8 Å². The highest BCUT2D eigenvalue weighted by atomic mass is 19.4. The first-order chi connectivity index (χ1) is 13.2. The molecular weight excluding hydrogens is 373 g/mol. The molecule has 4 atom stereocenters. The van der Waals surface area contributed by atoms with Crippen LogP contribution in [0.15, 0.2) is 6.07 Å². The minimum absolute atomic E-state index is 0.0586. The van der Waals surface area contributed by atoms with Gasteiger partial charge in [-0.2, -0.15) is 18.4 Å². The summed E-state index contributed by atoms with van der Waals surface area (Å²) in [5.41, 5.74) is -1.34. The van der Waals surface area contributed by atoms with Crippen molar-refractivity contribution in [2.45, 2.75) is 38.4 Å². The van der Waals surface area contributed by atoms with Crippen LogP contribution in [0.25, 0.3) is 0 Å². The fourth-order valence-electron chi connectivity index (χ4n) is 4.61. The summed E-state index contributed by atoms with van der Waals surface area (Å²) in [5, 5.41) is 18.2. The molecule has 1 saturated carbocycles. The van der Waals surface area contributed by atoms with E-state index >= 15 is 0 Å². The number of nitrogens with zero attached hydrogens (tertiary/aromatic N) is 4. The van der Waals surface area contributed by atoms with Crippen molar-refractivity contribution in [3.63, 3.8) is 0 Å². The van der Waals surface area contributed by atoms with Crippen LogP contribution in [0.5, 0.6) is 0 Å². The van der Waals surface area contributed by atoms with Gasteiger partial charge >= 0.3 is 12.1 Å². The van der Waals surface area contributed by atoms with Crippen LogP contribution >= 0.6 is 0 Å². The number of piperidine rings is 1. The van der Waals surface area contributed by atoms with Crippen LogP contribution in [-0.2, 0) is 11.0 Å². The Labute approximate surface area is 160 Å². The van der Waals surface area contributed by atoms with Gasteiger partial charge < -0.3 is 14.9 Å². The zero-order valence-corrected chi connectivity index (χ0v) is 15.4. The third-order valence-corrected chi connectivity index (χ3v) is 6.38. The average Bonchev–Trinajstić information content (AvgIpc) is 3.06. The molecule has 0 radical (unpaired) electrons. The Morgan fingerprint density at radius 1 is 1.39 bits per heavy atom. The minimum Gasteiger partial charge on any atom is -0.481 e. The Hall–Kier alpha value is -2.50. The Bertz CT molecular complexity index is 839. The van der Waals surface area contributed by atoms with Gasteiger partial charge in [0.25, 0.3) is 0 Å². The van der Waals surface area contributed by atoms with Crippen molar-refractivity contribution in [2.24, 2.45) is 17.8 Å². The van der Waals surface area contributed by atoms with Gasteiger partial charge in [0, 0.05) is 32.1 Å². The molecule has 1 aromatic heterocycles. The van der Waals surface area contributed by atoms with Gasteiger partial charge in [-0.15, -0.1) is 0 Å². The Morgan fingerprint density at radius 3 is 2.54 bits per heavy atom. The molecule has 1 aromatic rings. The van der Waals surface area contributed by atoms with E-state index < -0.39 is 23.3 Å². The largest absolute Gasteiger partial charge is 0.481 e. The van der Waals surface area contributed by atoms with Gasteiger partial charge in [0.1, 0.15) is 23.3 Å². The number of anilines is 2. The predicted molar refractivity (Wildman–Crippen MR) is 94.9 cm³/mol. The first kappa shape index (κ1) is 18.8. The number of aromatic nitrogens is 1. The van der Waals surface area contributed by atoms with E-state index in [4.69, 9.17) is 5.11 Å². The molecule has 9 heteroatoms. The number of fused-ring (bicyclic) bond motifs is 1. The molecule has 3 aliphatic rings. The van der Waals surface area contributed by atoms with Crippen molar-refractivity contribution in [3.05, 3.63) is 17.2 Å². The zero-order valence-electron chi connectivity index (χ0n) is 15.4. The molecule has 3 fully saturated rings. The highest BCUT2D eigenvalue weighted by molar-refractivity contribution is 5.67. The number of alkyl halides is 3. The topological polar surface area (TPSA) is 80.5 Å². The van der Waals surface area contributed by atoms with Crippen LogP contribution in [0, 0.1) is 29.1 Å². The molecule has 2 saturated heterocycles.